The molecule has 0 aliphatic carbocycles. The number of allylic oxidation sites excluding steroid dienone is 2. The minimum atomic E-state index is 0.729. The zero-order valence-corrected chi connectivity index (χ0v) is 12.9. The Kier molecular flexibility index (Phi) is 6.23. The van der Waals surface area contributed by atoms with Crippen molar-refractivity contribution < 1.29 is 0 Å². The van der Waals surface area contributed by atoms with Crippen LogP contribution in [0.15, 0.2) is 12.3 Å². The molecule has 0 spiro atoms. The molecule has 96 valence electrons. The molecule has 3 nitrogen and oxygen atoms in total. The lowest BCUT2D eigenvalue weighted by Crippen LogP contribution is -2.20. The molecule has 0 aliphatic rings. The molecule has 0 radical (unpaired) electrons. The van der Waals surface area contributed by atoms with E-state index in [1.54, 1.807) is 6.20 Å². The van der Waals surface area contributed by atoms with E-state index < -0.39 is 0 Å². The van der Waals surface area contributed by atoms with Gasteiger partial charge in [0.25, 0.3) is 0 Å². The molecule has 0 atom stereocenters. The first kappa shape index (κ1) is 14.7. The molecular formula is C12H19BrClN3. The van der Waals surface area contributed by atoms with Gasteiger partial charge in [-0.15, -0.1) is 0 Å². The molecule has 0 amide bonds. The van der Waals surface area contributed by atoms with Gasteiger partial charge in [-0.3, -0.25) is 4.68 Å². The Bertz CT molecular complexity index is 385. The van der Waals surface area contributed by atoms with Gasteiger partial charge in [-0.2, -0.15) is 5.10 Å². The summed E-state index contributed by atoms with van der Waals surface area (Å²) in [5, 5.41) is 6.02. The van der Waals surface area contributed by atoms with Crippen LogP contribution < -0.4 is 0 Å². The van der Waals surface area contributed by atoms with E-state index >= 15 is 0 Å². The van der Waals surface area contributed by atoms with Crippen LogP contribution in [0.1, 0.15) is 19.0 Å². The van der Waals surface area contributed by atoms with E-state index in [1.807, 2.05) is 4.68 Å². The van der Waals surface area contributed by atoms with Gasteiger partial charge in [-0.05, 0) is 33.0 Å². The fourth-order valence-corrected chi connectivity index (χ4v) is 2.11. The highest BCUT2D eigenvalue weighted by molar-refractivity contribution is 9.09. The zero-order chi connectivity index (χ0) is 12.8. The summed E-state index contributed by atoms with van der Waals surface area (Å²) in [6.45, 7) is 3.89. The Labute approximate surface area is 117 Å². The van der Waals surface area contributed by atoms with Crippen molar-refractivity contribution in [1.29, 1.82) is 0 Å². The lowest BCUT2D eigenvalue weighted by molar-refractivity contribution is 0.372. The topological polar surface area (TPSA) is 21.1 Å². The van der Waals surface area contributed by atoms with E-state index in [0.717, 1.165) is 35.6 Å². The summed E-state index contributed by atoms with van der Waals surface area (Å²) < 4.78 is 1.97. The highest BCUT2D eigenvalue weighted by Gasteiger charge is 2.10. The van der Waals surface area contributed by atoms with E-state index in [9.17, 15) is 0 Å². The van der Waals surface area contributed by atoms with Gasteiger partial charge in [0.2, 0.25) is 0 Å². The smallest absolute Gasteiger partial charge is 0.0862 e. The zero-order valence-electron chi connectivity index (χ0n) is 10.6. The van der Waals surface area contributed by atoms with Crippen molar-refractivity contribution in [2.45, 2.75) is 19.9 Å². The first-order chi connectivity index (χ1) is 8.06. The maximum Gasteiger partial charge on any atom is 0.0862 e. The molecule has 0 fully saturated rings. The molecule has 1 heterocycles. The number of alkyl halides is 1. The fourth-order valence-electron chi connectivity index (χ4n) is 1.59. The van der Waals surface area contributed by atoms with Crippen molar-refractivity contribution in [2.75, 3.05) is 26.0 Å². The van der Waals surface area contributed by atoms with Gasteiger partial charge >= 0.3 is 0 Å². The summed E-state index contributed by atoms with van der Waals surface area (Å²) in [6.07, 6.45) is 4.91. The van der Waals surface area contributed by atoms with Gasteiger partial charge in [0.1, 0.15) is 0 Å². The van der Waals surface area contributed by atoms with Crippen molar-refractivity contribution in [2.24, 2.45) is 0 Å². The maximum absolute atomic E-state index is 6.18. The van der Waals surface area contributed by atoms with E-state index in [-0.39, 0.29) is 0 Å². The highest BCUT2D eigenvalue weighted by atomic mass is 79.9. The van der Waals surface area contributed by atoms with Gasteiger partial charge in [0.05, 0.1) is 23.5 Å². The van der Waals surface area contributed by atoms with E-state index in [0.29, 0.717) is 0 Å². The number of likely N-dealkylation sites (N-methyl/N-ethyl adjacent to an activating group) is 1. The number of halogens is 2. The molecule has 0 N–H and O–H groups in total. The molecule has 5 heteroatoms. The van der Waals surface area contributed by atoms with E-state index in [1.165, 1.54) is 5.57 Å². The summed E-state index contributed by atoms with van der Waals surface area (Å²) in [4.78, 5) is 2.14. The molecule has 0 bridgehead atoms. The summed E-state index contributed by atoms with van der Waals surface area (Å²) in [7, 11) is 4.11. The number of nitrogens with zero attached hydrogens (tertiary/aromatic N) is 3. The Morgan fingerprint density at radius 2 is 2.29 bits per heavy atom. The molecule has 0 saturated heterocycles. The second kappa shape index (κ2) is 7.19. The normalized spacial score (nSPS) is 12.5. The number of hydrogen-bond acceptors (Lipinski definition) is 2. The van der Waals surface area contributed by atoms with Crippen LogP contribution in [0.5, 0.6) is 0 Å². The van der Waals surface area contributed by atoms with Gasteiger partial charge in [0.15, 0.2) is 0 Å². The van der Waals surface area contributed by atoms with Gasteiger partial charge < -0.3 is 4.90 Å². The standard InChI is InChI=1S/C12H19BrClN3/c1-10(5-4-6-13)12-11(14)9-15-17(12)8-7-16(2)3/h5,9H,4,6-8H2,1-3H3. The molecule has 1 rings (SSSR count). The average molecular weight is 321 g/mol. The Balaban J connectivity index is 2.86. The second-order valence-corrected chi connectivity index (χ2v) is 5.43. The minimum Gasteiger partial charge on any atom is -0.308 e. The SMILES string of the molecule is CC(=CCCBr)c1c(Cl)cnn1CCN(C)C. The molecule has 17 heavy (non-hydrogen) atoms. The van der Waals surface area contributed by atoms with Crippen LogP contribution in [0, 0.1) is 0 Å². The summed E-state index contributed by atoms with van der Waals surface area (Å²) in [5.41, 5.74) is 2.22. The van der Waals surface area contributed by atoms with Crippen LogP contribution in [0.4, 0.5) is 0 Å². The summed E-state index contributed by atoms with van der Waals surface area (Å²) >= 11 is 9.61. The van der Waals surface area contributed by atoms with E-state index in [2.05, 4.69) is 53.0 Å². The predicted molar refractivity (Wildman–Crippen MR) is 77.9 cm³/mol. The van der Waals surface area contributed by atoms with Crippen LogP contribution >= 0.6 is 27.5 Å². The molecule has 1 aromatic heterocycles. The summed E-state index contributed by atoms with van der Waals surface area (Å²) in [6, 6.07) is 0. The van der Waals surface area contributed by atoms with Crippen molar-refractivity contribution in [3.8, 4) is 0 Å². The van der Waals surface area contributed by atoms with Crippen LogP contribution in [-0.2, 0) is 6.54 Å². The number of rotatable bonds is 6. The van der Waals surface area contributed by atoms with Crippen molar-refractivity contribution >= 4 is 33.1 Å². The van der Waals surface area contributed by atoms with Crippen molar-refractivity contribution in [3.05, 3.63) is 23.0 Å². The van der Waals surface area contributed by atoms with Gasteiger partial charge in [-0.25, -0.2) is 0 Å². The van der Waals surface area contributed by atoms with Crippen molar-refractivity contribution in [1.82, 2.24) is 14.7 Å². The molecule has 0 unspecified atom stereocenters. The summed E-state index contributed by atoms with van der Waals surface area (Å²) in [5.74, 6) is 0. The molecule has 0 aliphatic heterocycles. The molecule has 0 saturated carbocycles. The van der Waals surface area contributed by atoms with Crippen LogP contribution in [0.2, 0.25) is 5.02 Å². The van der Waals surface area contributed by atoms with Crippen LogP contribution in [-0.4, -0.2) is 40.7 Å². The second-order valence-electron chi connectivity index (χ2n) is 4.23. The van der Waals surface area contributed by atoms with Crippen molar-refractivity contribution in [3.63, 3.8) is 0 Å². The third-order valence-electron chi connectivity index (χ3n) is 2.49. The Morgan fingerprint density at radius 3 is 2.88 bits per heavy atom. The minimum absolute atomic E-state index is 0.729. The maximum atomic E-state index is 6.18. The monoisotopic (exact) mass is 319 g/mol. The Hall–Kier alpha value is -0.320. The Morgan fingerprint density at radius 1 is 1.59 bits per heavy atom. The molecule has 0 aromatic carbocycles. The average Bonchev–Trinajstić information content (AvgIpc) is 2.64. The molecule has 1 aromatic rings. The van der Waals surface area contributed by atoms with E-state index in [4.69, 9.17) is 11.6 Å². The fraction of sp³-hybridized carbons (Fsp3) is 0.583. The van der Waals surface area contributed by atoms with Crippen LogP contribution in [0.25, 0.3) is 5.57 Å². The molecular weight excluding hydrogens is 302 g/mol. The quantitative estimate of drug-likeness (QED) is 0.750. The number of aromatic nitrogens is 2. The largest absolute Gasteiger partial charge is 0.308 e. The first-order valence-corrected chi connectivity index (χ1v) is 7.15. The highest BCUT2D eigenvalue weighted by Crippen LogP contribution is 2.23. The predicted octanol–water partition coefficient (Wildman–Crippen LogP) is 3.29. The number of hydrogen-bond donors (Lipinski definition) is 0. The first-order valence-electron chi connectivity index (χ1n) is 5.65. The third kappa shape index (κ3) is 4.45. The third-order valence-corrected chi connectivity index (χ3v) is 3.22. The lowest BCUT2D eigenvalue weighted by atomic mass is 10.2. The van der Waals surface area contributed by atoms with Crippen LogP contribution in [0.3, 0.4) is 0 Å². The lowest BCUT2D eigenvalue weighted by Gasteiger charge is -2.12. The van der Waals surface area contributed by atoms with Gasteiger partial charge in [0, 0.05) is 11.9 Å². The van der Waals surface area contributed by atoms with Gasteiger partial charge in [-0.1, -0.05) is 33.6 Å².